The summed E-state index contributed by atoms with van der Waals surface area (Å²) < 4.78 is 5.43. The molecule has 132 valence electrons. The first-order valence-corrected chi connectivity index (χ1v) is 8.83. The van der Waals surface area contributed by atoms with Gasteiger partial charge in [0.2, 0.25) is 11.8 Å². The van der Waals surface area contributed by atoms with Gasteiger partial charge in [-0.05, 0) is 30.9 Å². The molecule has 25 heavy (non-hydrogen) atoms. The minimum absolute atomic E-state index is 0.132. The van der Waals surface area contributed by atoms with Crippen LogP contribution in [0, 0.1) is 23.2 Å². The maximum absolute atomic E-state index is 13.0. The number of carbonyl (C=O) groups excluding carboxylic acids is 3. The van der Waals surface area contributed by atoms with Crippen LogP contribution >= 0.6 is 0 Å². The SMILES string of the molecule is C[C@]12C(=O)c3ccccc3NC(=O)[C@@H]1[C@H]2C(=O)NC[C@H]1CCCOC1. The van der Waals surface area contributed by atoms with Crippen molar-refractivity contribution in [2.45, 2.75) is 19.8 Å². The van der Waals surface area contributed by atoms with E-state index in [1.165, 1.54) is 0 Å². The van der Waals surface area contributed by atoms with Crippen LogP contribution in [0.1, 0.15) is 30.1 Å². The molecule has 1 saturated carbocycles. The first kappa shape index (κ1) is 16.3. The Morgan fingerprint density at radius 1 is 1.36 bits per heavy atom. The lowest BCUT2D eigenvalue weighted by molar-refractivity contribution is -0.125. The summed E-state index contributed by atoms with van der Waals surface area (Å²) in [6.45, 7) is 3.69. The van der Waals surface area contributed by atoms with Gasteiger partial charge in [-0.2, -0.15) is 0 Å². The van der Waals surface area contributed by atoms with Crippen LogP contribution in [0.2, 0.25) is 0 Å². The van der Waals surface area contributed by atoms with Crippen LogP contribution in [0.5, 0.6) is 0 Å². The molecule has 0 unspecified atom stereocenters. The van der Waals surface area contributed by atoms with E-state index in [1.807, 2.05) is 0 Å². The highest BCUT2D eigenvalue weighted by molar-refractivity contribution is 6.19. The van der Waals surface area contributed by atoms with Crippen molar-refractivity contribution in [2.75, 3.05) is 25.1 Å². The highest BCUT2D eigenvalue weighted by Gasteiger charge is 2.73. The lowest BCUT2D eigenvalue weighted by atomic mass is 9.92. The van der Waals surface area contributed by atoms with Gasteiger partial charge in [-0.1, -0.05) is 19.1 Å². The molecule has 6 heteroatoms. The number of ether oxygens (including phenoxy) is 1. The van der Waals surface area contributed by atoms with Crippen molar-refractivity contribution in [3.05, 3.63) is 29.8 Å². The Balaban J connectivity index is 1.50. The maximum Gasteiger partial charge on any atom is 0.229 e. The third-order valence-electron chi connectivity index (χ3n) is 5.82. The van der Waals surface area contributed by atoms with Gasteiger partial charge in [0.25, 0.3) is 0 Å². The van der Waals surface area contributed by atoms with Gasteiger partial charge in [-0.15, -0.1) is 0 Å². The van der Waals surface area contributed by atoms with E-state index in [0.717, 1.165) is 19.4 Å². The molecule has 1 saturated heterocycles. The first-order valence-electron chi connectivity index (χ1n) is 8.83. The second kappa shape index (κ2) is 5.95. The van der Waals surface area contributed by atoms with Gasteiger partial charge in [0, 0.05) is 18.7 Å². The van der Waals surface area contributed by atoms with Crippen LogP contribution in [0.4, 0.5) is 5.69 Å². The molecule has 0 aromatic heterocycles. The number of ketones is 1. The maximum atomic E-state index is 13.0. The molecule has 0 spiro atoms. The molecular formula is C19H22N2O4. The Morgan fingerprint density at radius 2 is 2.16 bits per heavy atom. The summed E-state index contributed by atoms with van der Waals surface area (Å²) in [6, 6.07) is 6.98. The fourth-order valence-electron chi connectivity index (χ4n) is 4.26. The average molecular weight is 342 g/mol. The van der Waals surface area contributed by atoms with Crippen molar-refractivity contribution in [3.63, 3.8) is 0 Å². The van der Waals surface area contributed by atoms with Crippen LogP contribution in [0.25, 0.3) is 0 Å². The van der Waals surface area contributed by atoms with Crippen molar-refractivity contribution in [2.24, 2.45) is 23.2 Å². The van der Waals surface area contributed by atoms with Gasteiger partial charge in [0.1, 0.15) is 0 Å². The quantitative estimate of drug-likeness (QED) is 0.874. The van der Waals surface area contributed by atoms with Crippen molar-refractivity contribution in [1.29, 1.82) is 0 Å². The van der Waals surface area contributed by atoms with Crippen LogP contribution in [-0.2, 0) is 14.3 Å². The van der Waals surface area contributed by atoms with E-state index in [-0.39, 0.29) is 17.6 Å². The summed E-state index contributed by atoms with van der Waals surface area (Å²) in [5.74, 6) is -1.48. The number of Topliss-reactive ketones (excluding diaryl/α,β-unsaturated/α-hetero) is 1. The summed E-state index contributed by atoms with van der Waals surface area (Å²) in [4.78, 5) is 38.2. The molecule has 4 atom stereocenters. The molecule has 2 fully saturated rings. The van der Waals surface area contributed by atoms with Crippen LogP contribution < -0.4 is 10.6 Å². The summed E-state index contributed by atoms with van der Waals surface area (Å²) in [5, 5.41) is 5.73. The fourth-order valence-corrected chi connectivity index (χ4v) is 4.26. The molecule has 0 radical (unpaired) electrons. The zero-order valence-electron chi connectivity index (χ0n) is 14.2. The number of hydrogen-bond acceptors (Lipinski definition) is 4. The molecule has 2 aliphatic heterocycles. The molecule has 1 aliphatic carbocycles. The van der Waals surface area contributed by atoms with Gasteiger partial charge in [0.05, 0.1) is 29.5 Å². The third kappa shape index (κ3) is 2.56. The van der Waals surface area contributed by atoms with Crippen molar-refractivity contribution in [1.82, 2.24) is 5.32 Å². The molecule has 6 nitrogen and oxygen atoms in total. The lowest BCUT2D eigenvalue weighted by Crippen LogP contribution is -2.36. The summed E-state index contributed by atoms with van der Waals surface area (Å²) in [7, 11) is 0. The summed E-state index contributed by atoms with van der Waals surface area (Å²) in [5.41, 5.74) is 0.0605. The number of fused-ring (bicyclic) bond motifs is 2. The van der Waals surface area contributed by atoms with E-state index in [2.05, 4.69) is 10.6 Å². The smallest absolute Gasteiger partial charge is 0.229 e. The van der Waals surface area contributed by atoms with E-state index in [9.17, 15) is 14.4 Å². The molecule has 2 heterocycles. The third-order valence-corrected chi connectivity index (χ3v) is 5.82. The molecular weight excluding hydrogens is 320 g/mol. The number of anilines is 1. The van der Waals surface area contributed by atoms with Gasteiger partial charge in [-0.25, -0.2) is 0 Å². The fraction of sp³-hybridized carbons (Fsp3) is 0.526. The van der Waals surface area contributed by atoms with Crippen LogP contribution in [-0.4, -0.2) is 37.4 Å². The van der Waals surface area contributed by atoms with Crippen molar-refractivity contribution >= 4 is 23.3 Å². The summed E-state index contributed by atoms with van der Waals surface area (Å²) >= 11 is 0. The van der Waals surface area contributed by atoms with E-state index >= 15 is 0 Å². The number of amides is 2. The summed E-state index contributed by atoms with van der Waals surface area (Å²) in [6.07, 6.45) is 2.03. The van der Waals surface area contributed by atoms with Crippen LogP contribution in [0.15, 0.2) is 24.3 Å². The minimum Gasteiger partial charge on any atom is -0.381 e. The van der Waals surface area contributed by atoms with E-state index in [1.54, 1.807) is 31.2 Å². The number of rotatable bonds is 3. The molecule has 2 amide bonds. The number of benzene rings is 1. The minimum atomic E-state index is -0.955. The van der Waals surface area contributed by atoms with Crippen molar-refractivity contribution < 1.29 is 19.1 Å². The lowest BCUT2D eigenvalue weighted by Gasteiger charge is -2.22. The Kier molecular flexibility index (Phi) is 3.87. The molecule has 3 aliphatic rings. The molecule has 0 bridgehead atoms. The zero-order chi connectivity index (χ0) is 17.6. The van der Waals surface area contributed by atoms with Crippen LogP contribution in [0.3, 0.4) is 0 Å². The number of carbonyl (C=O) groups is 3. The van der Waals surface area contributed by atoms with Gasteiger partial charge in [0.15, 0.2) is 5.78 Å². The standard InChI is InChI=1S/C19H22N2O4/c1-19-14(17(23)20-9-11-5-4-8-25-10-11)15(19)18(24)21-13-7-3-2-6-12(13)16(19)22/h2-3,6-7,11,14-15H,4-5,8-10H2,1H3,(H,20,23)(H,21,24)/t11-,14+,15+,19-/m1/s1. The van der Waals surface area contributed by atoms with Gasteiger partial charge in [-0.3, -0.25) is 14.4 Å². The molecule has 4 rings (SSSR count). The molecule has 2 N–H and O–H groups in total. The number of nitrogens with one attached hydrogen (secondary N) is 2. The Bertz CT molecular complexity index is 741. The first-order chi connectivity index (χ1) is 12.0. The predicted octanol–water partition coefficient (Wildman–Crippen LogP) is 1.62. The Morgan fingerprint density at radius 3 is 2.92 bits per heavy atom. The Hall–Kier alpha value is -2.21. The number of hydrogen-bond donors (Lipinski definition) is 2. The molecule has 1 aromatic rings. The van der Waals surface area contributed by atoms with Gasteiger partial charge < -0.3 is 15.4 Å². The highest BCUT2D eigenvalue weighted by atomic mass is 16.5. The average Bonchev–Trinajstić information content (AvgIpc) is 3.28. The van der Waals surface area contributed by atoms with E-state index in [0.29, 0.717) is 30.3 Å². The van der Waals surface area contributed by atoms with E-state index in [4.69, 9.17) is 4.74 Å². The molecule has 1 aromatic carbocycles. The van der Waals surface area contributed by atoms with E-state index < -0.39 is 17.3 Å². The second-order valence-corrected chi connectivity index (χ2v) is 7.43. The topological polar surface area (TPSA) is 84.5 Å². The Labute approximate surface area is 146 Å². The van der Waals surface area contributed by atoms with Crippen molar-refractivity contribution in [3.8, 4) is 0 Å². The number of para-hydroxylation sites is 1. The van der Waals surface area contributed by atoms with Gasteiger partial charge >= 0.3 is 0 Å². The monoisotopic (exact) mass is 342 g/mol. The normalized spacial score (nSPS) is 33.6. The largest absolute Gasteiger partial charge is 0.381 e. The zero-order valence-corrected chi connectivity index (χ0v) is 14.2. The highest BCUT2D eigenvalue weighted by Crippen LogP contribution is 2.62. The second-order valence-electron chi connectivity index (χ2n) is 7.43. The predicted molar refractivity (Wildman–Crippen MR) is 91.0 cm³/mol.